The summed E-state index contributed by atoms with van der Waals surface area (Å²) in [6.45, 7) is 7.45. The fourth-order valence-electron chi connectivity index (χ4n) is 2.62. The van der Waals surface area contributed by atoms with Crippen molar-refractivity contribution in [3.8, 4) is 0 Å². The quantitative estimate of drug-likeness (QED) is 0.752. The first-order chi connectivity index (χ1) is 10.1. The number of benzene rings is 1. The Balaban J connectivity index is 2.30. The lowest BCUT2D eigenvalue weighted by atomic mass is 10.00. The average molecular weight is 397 g/mol. The monoisotopic (exact) mass is 397 g/mol. The van der Waals surface area contributed by atoms with Crippen molar-refractivity contribution >= 4 is 22.6 Å². The van der Waals surface area contributed by atoms with Crippen LogP contribution in [0.5, 0.6) is 0 Å². The van der Waals surface area contributed by atoms with E-state index in [9.17, 15) is 0 Å². The Morgan fingerprint density at radius 1 is 1.33 bits per heavy atom. The molecule has 0 spiro atoms. The predicted molar refractivity (Wildman–Crippen MR) is 96.6 cm³/mol. The molecule has 0 amide bonds. The highest BCUT2D eigenvalue weighted by molar-refractivity contribution is 14.1. The molecular formula is C17H24IN3. The van der Waals surface area contributed by atoms with Gasteiger partial charge in [0.15, 0.2) is 0 Å². The fourth-order valence-corrected chi connectivity index (χ4v) is 3.36. The molecule has 0 saturated heterocycles. The number of aromatic nitrogens is 2. The molecule has 1 heterocycles. The van der Waals surface area contributed by atoms with Gasteiger partial charge in [0.05, 0.1) is 5.69 Å². The zero-order valence-electron chi connectivity index (χ0n) is 13.3. The van der Waals surface area contributed by atoms with Gasteiger partial charge in [0.25, 0.3) is 0 Å². The van der Waals surface area contributed by atoms with E-state index < -0.39 is 0 Å². The average Bonchev–Trinajstić information content (AvgIpc) is 2.82. The molecule has 21 heavy (non-hydrogen) atoms. The minimum absolute atomic E-state index is 0.335. The molecule has 0 saturated carbocycles. The lowest BCUT2D eigenvalue weighted by Gasteiger charge is -2.20. The second-order valence-electron chi connectivity index (χ2n) is 5.40. The van der Waals surface area contributed by atoms with E-state index in [0.717, 1.165) is 19.4 Å². The van der Waals surface area contributed by atoms with Crippen LogP contribution in [0.15, 0.2) is 24.3 Å². The molecule has 1 aromatic heterocycles. The zero-order chi connectivity index (χ0) is 15.4. The smallest absolute Gasteiger partial charge is 0.0624 e. The number of nitrogens with zero attached hydrogens (tertiary/aromatic N) is 2. The lowest BCUT2D eigenvalue weighted by molar-refractivity contribution is 0.526. The SMILES string of the molecule is CCNC(Cc1cc(CC)nn1C)c1cccc(C)c1I. The van der Waals surface area contributed by atoms with Crippen molar-refractivity contribution < 1.29 is 0 Å². The van der Waals surface area contributed by atoms with Crippen molar-refractivity contribution in [1.82, 2.24) is 15.1 Å². The highest BCUT2D eigenvalue weighted by atomic mass is 127. The predicted octanol–water partition coefficient (Wildman–Crippen LogP) is 3.79. The van der Waals surface area contributed by atoms with Crippen LogP contribution in [0, 0.1) is 10.5 Å². The third-order valence-electron chi connectivity index (χ3n) is 3.85. The van der Waals surface area contributed by atoms with Crippen LogP contribution in [0.4, 0.5) is 0 Å². The number of halogens is 1. The Bertz CT molecular complexity index is 604. The van der Waals surface area contributed by atoms with E-state index in [1.165, 1.54) is 26.1 Å². The van der Waals surface area contributed by atoms with E-state index in [1.807, 2.05) is 11.7 Å². The molecule has 4 heteroatoms. The maximum atomic E-state index is 4.56. The molecule has 1 N–H and O–H groups in total. The van der Waals surface area contributed by atoms with Crippen molar-refractivity contribution in [1.29, 1.82) is 0 Å². The van der Waals surface area contributed by atoms with Gasteiger partial charge < -0.3 is 5.32 Å². The van der Waals surface area contributed by atoms with Gasteiger partial charge in [-0.1, -0.05) is 32.0 Å². The molecule has 0 fully saturated rings. The Kier molecular flexibility index (Phi) is 5.81. The van der Waals surface area contributed by atoms with Crippen molar-refractivity contribution in [2.24, 2.45) is 7.05 Å². The van der Waals surface area contributed by atoms with Crippen molar-refractivity contribution in [2.45, 2.75) is 39.7 Å². The Hall–Kier alpha value is -0.880. The van der Waals surface area contributed by atoms with Crippen LogP contribution < -0.4 is 5.32 Å². The molecule has 3 nitrogen and oxygen atoms in total. The van der Waals surface area contributed by atoms with E-state index in [4.69, 9.17) is 0 Å². The minimum Gasteiger partial charge on any atom is -0.310 e. The van der Waals surface area contributed by atoms with Crippen LogP contribution in [-0.4, -0.2) is 16.3 Å². The maximum Gasteiger partial charge on any atom is 0.0624 e. The van der Waals surface area contributed by atoms with E-state index in [-0.39, 0.29) is 0 Å². The molecule has 0 aliphatic heterocycles. The highest BCUT2D eigenvalue weighted by Crippen LogP contribution is 2.26. The topological polar surface area (TPSA) is 29.9 Å². The summed E-state index contributed by atoms with van der Waals surface area (Å²) in [6.07, 6.45) is 1.96. The molecule has 0 bridgehead atoms. The maximum absolute atomic E-state index is 4.56. The summed E-state index contributed by atoms with van der Waals surface area (Å²) in [5.41, 5.74) is 5.18. The summed E-state index contributed by atoms with van der Waals surface area (Å²) < 4.78 is 3.38. The largest absolute Gasteiger partial charge is 0.310 e. The molecule has 0 radical (unpaired) electrons. The van der Waals surface area contributed by atoms with Gasteiger partial charge in [-0.3, -0.25) is 4.68 Å². The zero-order valence-corrected chi connectivity index (χ0v) is 15.4. The van der Waals surface area contributed by atoms with Gasteiger partial charge in [0.2, 0.25) is 0 Å². The highest BCUT2D eigenvalue weighted by Gasteiger charge is 2.17. The molecule has 0 aliphatic rings. The van der Waals surface area contributed by atoms with Crippen LogP contribution >= 0.6 is 22.6 Å². The molecule has 2 rings (SSSR count). The van der Waals surface area contributed by atoms with Crippen molar-refractivity contribution in [3.05, 3.63) is 50.4 Å². The van der Waals surface area contributed by atoms with Gasteiger partial charge >= 0.3 is 0 Å². The number of aryl methyl sites for hydroxylation is 3. The summed E-state index contributed by atoms with van der Waals surface area (Å²) in [4.78, 5) is 0. The summed E-state index contributed by atoms with van der Waals surface area (Å²) >= 11 is 2.46. The third kappa shape index (κ3) is 3.86. The molecule has 1 atom stereocenters. The van der Waals surface area contributed by atoms with E-state index in [0.29, 0.717) is 6.04 Å². The normalized spacial score (nSPS) is 12.6. The molecule has 0 aliphatic carbocycles. The molecular weight excluding hydrogens is 373 g/mol. The van der Waals surface area contributed by atoms with Crippen molar-refractivity contribution in [2.75, 3.05) is 6.54 Å². The van der Waals surface area contributed by atoms with Crippen LogP contribution in [0.3, 0.4) is 0 Å². The van der Waals surface area contributed by atoms with Gasteiger partial charge in [-0.25, -0.2) is 0 Å². The van der Waals surface area contributed by atoms with Gasteiger partial charge in [-0.2, -0.15) is 5.10 Å². The Morgan fingerprint density at radius 3 is 2.71 bits per heavy atom. The lowest BCUT2D eigenvalue weighted by Crippen LogP contribution is -2.24. The number of rotatable bonds is 6. The Labute approximate surface area is 141 Å². The minimum atomic E-state index is 0.335. The van der Waals surface area contributed by atoms with E-state index >= 15 is 0 Å². The number of likely N-dealkylation sites (N-methyl/N-ethyl adjacent to an activating group) is 1. The van der Waals surface area contributed by atoms with Crippen LogP contribution in [0.25, 0.3) is 0 Å². The van der Waals surface area contributed by atoms with Crippen LogP contribution in [0.2, 0.25) is 0 Å². The summed E-state index contributed by atoms with van der Waals surface area (Å²) in [7, 11) is 2.04. The molecule has 1 unspecified atom stereocenters. The van der Waals surface area contributed by atoms with Crippen molar-refractivity contribution in [3.63, 3.8) is 0 Å². The van der Waals surface area contributed by atoms with E-state index in [2.05, 4.69) is 78.0 Å². The molecule has 114 valence electrons. The Morgan fingerprint density at radius 2 is 2.10 bits per heavy atom. The second-order valence-corrected chi connectivity index (χ2v) is 6.48. The summed E-state index contributed by atoms with van der Waals surface area (Å²) in [5, 5.41) is 8.19. The summed E-state index contributed by atoms with van der Waals surface area (Å²) in [5.74, 6) is 0. The van der Waals surface area contributed by atoms with Gasteiger partial charge in [-0.15, -0.1) is 0 Å². The number of hydrogen-bond donors (Lipinski definition) is 1. The second kappa shape index (κ2) is 7.40. The van der Waals surface area contributed by atoms with E-state index in [1.54, 1.807) is 0 Å². The molecule has 1 aromatic carbocycles. The first-order valence-electron chi connectivity index (χ1n) is 7.57. The van der Waals surface area contributed by atoms with Gasteiger partial charge in [-0.05, 0) is 59.7 Å². The summed E-state index contributed by atoms with van der Waals surface area (Å²) in [6, 6.07) is 9.12. The number of nitrogens with one attached hydrogen (secondary N) is 1. The van der Waals surface area contributed by atoms with Gasteiger partial charge in [0.1, 0.15) is 0 Å². The first-order valence-corrected chi connectivity index (χ1v) is 8.64. The molecule has 2 aromatic rings. The fraction of sp³-hybridized carbons (Fsp3) is 0.471. The third-order valence-corrected chi connectivity index (χ3v) is 5.32. The number of hydrogen-bond acceptors (Lipinski definition) is 2. The van der Waals surface area contributed by atoms with Crippen LogP contribution in [0.1, 0.15) is 42.4 Å². The first kappa shape index (κ1) is 16.5. The standard InChI is InChI=1S/C17H24IN3/c1-5-13-10-14(21(4)20-13)11-16(19-6-2)15-9-7-8-12(3)17(15)18/h7-10,16,19H,5-6,11H2,1-4H3. The van der Waals surface area contributed by atoms with Crippen LogP contribution in [-0.2, 0) is 19.9 Å². The van der Waals surface area contributed by atoms with Gasteiger partial charge in [0, 0.05) is 28.8 Å².